The topological polar surface area (TPSA) is 98.4 Å². The Bertz CT molecular complexity index is 1290. The summed E-state index contributed by atoms with van der Waals surface area (Å²) in [6, 6.07) is 18.7. The number of benzene rings is 2. The molecule has 0 aliphatic carbocycles. The summed E-state index contributed by atoms with van der Waals surface area (Å²) < 4.78 is 12.6. The summed E-state index contributed by atoms with van der Waals surface area (Å²) in [5, 5.41) is 9.73. The minimum atomic E-state index is -0.414. The highest BCUT2D eigenvalue weighted by atomic mass is 16.5. The number of ether oxygens (including phenoxy) is 1. The predicted molar refractivity (Wildman–Crippen MR) is 132 cm³/mol. The maximum atomic E-state index is 12.9. The van der Waals surface area contributed by atoms with E-state index in [1.807, 2.05) is 18.2 Å². The fourth-order valence-corrected chi connectivity index (χ4v) is 3.52. The van der Waals surface area contributed by atoms with Crippen molar-refractivity contribution in [1.29, 1.82) is 0 Å². The molecule has 35 heavy (non-hydrogen) atoms. The van der Waals surface area contributed by atoms with Crippen molar-refractivity contribution in [2.24, 2.45) is 7.05 Å². The first-order chi connectivity index (χ1) is 16.9. The van der Waals surface area contributed by atoms with Crippen molar-refractivity contribution in [2.45, 2.75) is 32.9 Å². The van der Waals surface area contributed by atoms with Crippen LogP contribution in [0.1, 0.15) is 57.5 Å². The summed E-state index contributed by atoms with van der Waals surface area (Å²) >= 11 is 0. The molecule has 4 rings (SSSR count). The molecule has 4 aromatic rings. The number of carbonyl (C=O) groups excluding carboxylic acids is 2. The molecule has 2 aromatic carbocycles. The van der Waals surface area contributed by atoms with Gasteiger partial charge >= 0.3 is 0 Å². The molecule has 2 aromatic heterocycles. The largest absolute Gasteiger partial charge is 0.489 e. The van der Waals surface area contributed by atoms with E-state index < -0.39 is 5.91 Å². The molecule has 0 radical (unpaired) electrons. The van der Waals surface area contributed by atoms with E-state index in [9.17, 15) is 9.59 Å². The quantitative estimate of drug-likeness (QED) is 0.361. The predicted octanol–water partition coefficient (Wildman–Crippen LogP) is 4.90. The summed E-state index contributed by atoms with van der Waals surface area (Å²) in [4.78, 5) is 25.6. The van der Waals surface area contributed by atoms with Gasteiger partial charge in [0.05, 0.1) is 18.5 Å². The Morgan fingerprint density at radius 1 is 1.06 bits per heavy atom. The van der Waals surface area contributed by atoms with E-state index in [0.717, 1.165) is 11.3 Å². The summed E-state index contributed by atoms with van der Waals surface area (Å²) in [7, 11) is 1.69. The van der Waals surface area contributed by atoms with Crippen molar-refractivity contribution in [1.82, 2.24) is 15.1 Å². The van der Waals surface area contributed by atoms with Gasteiger partial charge in [-0.05, 0) is 53.4 Å². The van der Waals surface area contributed by atoms with Crippen LogP contribution in [0.2, 0.25) is 0 Å². The van der Waals surface area contributed by atoms with E-state index in [4.69, 9.17) is 9.15 Å². The molecule has 2 N–H and O–H groups in total. The molecule has 0 saturated carbocycles. The highest BCUT2D eigenvalue weighted by molar-refractivity contribution is 6.08. The van der Waals surface area contributed by atoms with Gasteiger partial charge in [-0.1, -0.05) is 38.1 Å². The molecule has 0 unspecified atom stereocenters. The van der Waals surface area contributed by atoms with Crippen LogP contribution >= 0.6 is 0 Å². The minimum absolute atomic E-state index is 0.122. The Balaban J connectivity index is 1.39. The monoisotopic (exact) mass is 472 g/mol. The first-order valence-corrected chi connectivity index (χ1v) is 11.4. The zero-order valence-electron chi connectivity index (χ0n) is 19.9. The molecule has 2 heterocycles. The average Bonchev–Trinajstić information content (AvgIpc) is 3.51. The third-order valence-electron chi connectivity index (χ3n) is 5.44. The Morgan fingerprint density at radius 2 is 1.86 bits per heavy atom. The van der Waals surface area contributed by atoms with Crippen LogP contribution in [0.5, 0.6) is 5.75 Å². The second-order valence-electron chi connectivity index (χ2n) is 8.49. The van der Waals surface area contributed by atoms with E-state index in [2.05, 4.69) is 41.7 Å². The first kappa shape index (κ1) is 23.8. The van der Waals surface area contributed by atoms with Gasteiger partial charge in [-0.2, -0.15) is 5.10 Å². The SMILES string of the molecule is CC(C)c1ccc(OCc2cccc(C(=O)Nc3cn(C)nc3C(=O)NCc3ccco3)c2)cc1. The molecule has 8 nitrogen and oxygen atoms in total. The molecule has 0 aliphatic heterocycles. The fraction of sp³-hybridized carbons (Fsp3) is 0.222. The van der Waals surface area contributed by atoms with E-state index in [1.54, 1.807) is 43.6 Å². The third kappa shape index (κ3) is 6.17. The van der Waals surface area contributed by atoms with E-state index in [-0.39, 0.29) is 18.1 Å². The summed E-state index contributed by atoms with van der Waals surface area (Å²) in [6.45, 7) is 4.84. The van der Waals surface area contributed by atoms with Gasteiger partial charge in [-0.25, -0.2) is 0 Å². The van der Waals surface area contributed by atoms with Crippen LogP contribution in [0.3, 0.4) is 0 Å². The van der Waals surface area contributed by atoms with Crippen molar-refractivity contribution >= 4 is 17.5 Å². The Labute approximate surface area is 203 Å². The third-order valence-corrected chi connectivity index (χ3v) is 5.44. The lowest BCUT2D eigenvalue weighted by molar-refractivity contribution is 0.0943. The molecule has 0 atom stereocenters. The number of hydrogen-bond acceptors (Lipinski definition) is 5. The smallest absolute Gasteiger partial charge is 0.274 e. The van der Waals surface area contributed by atoms with Gasteiger partial charge < -0.3 is 19.8 Å². The molecule has 0 spiro atoms. The Hall–Kier alpha value is -4.33. The van der Waals surface area contributed by atoms with E-state index in [1.165, 1.54) is 16.5 Å². The lowest BCUT2D eigenvalue weighted by Crippen LogP contribution is -2.25. The van der Waals surface area contributed by atoms with Gasteiger partial charge in [0.25, 0.3) is 11.8 Å². The second kappa shape index (κ2) is 10.7. The Morgan fingerprint density at radius 3 is 2.57 bits per heavy atom. The number of rotatable bonds is 9. The number of aryl methyl sites for hydroxylation is 1. The average molecular weight is 473 g/mol. The summed E-state index contributed by atoms with van der Waals surface area (Å²) in [5.41, 5.74) is 3.00. The molecule has 0 fully saturated rings. The fourth-order valence-electron chi connectivity index (χ4n) is 3.52. The normalized spacial score (nSPS) is 10.9. The summed E-state index contributed by atoms with van der Waals surface area (Å²) in [6.07, 6.45) is 3.13. The van der Waals surface area contributed by atoms with Gasteiger partial charge in [0.2, 0.25) is 0 Å². The number of carbonyl (C=O) groups is 2. The van der Waals surface area contributed by atoms with Crippen molar-refractivity contribution in [3.05, 3.63) is 101 Å². The van der Waals surface area contributed by atoms with Crippen molar-refractivity contribution in [3.63, 3.8) is 0 Å². The molecule has 2 amide bonds. The first-order valence-electron chi connectivity index (χ1n) is 11.4. The van der Waals surface area contributed by atoms with Gasteiger partial charge in [0.1, 0.15) is 18.1 Å². The van der Waals surface area contributed by atoms with Gasteiger partial charge in [0, 0.05) is 18.8 Å². The zero-order valence-corrected chi connectivity index (χ0v) is 19.9. The molecular weight excluding hydrogens is 444 g/mol. The van der Waals surface area contributed by atoms with Crippen LogP contribution in [0, 0.1) is 0 Å². The molecule has 8 heteroatoms. The maximum absolute atomic E-state index is 12.9. The van der Waals surface area contributed by atoms with Crippen LogP contribution in [0.25, 0.3) is 0 Å². The van der Waals surface area contributed by atoms with Crippen molar-refractivity contribution < 1.29 is 18.7 Å². The zero-order chi connectivity index (χ0) is 24.8. The van der Waals surface area contributed by atoms with Crippen molar-refractivity contribution in [3.8, 4) is 5.75 Å². The molecule has 0 bridgehead atoms. The molecule has 0 saturated heterocycles. The van der Waals surface area contributed by atoms with Crippen LogP contribution < -0.4 is 15.4 Å². The minimum Gasteiger partial charge on any atom is -0.489 e. The number of furan rings is 1. The van der Waals surface area contributed by atoms with E-state index >= 15 is 0 Å². The Kier molecular flexibility index (Phi) is 7.30. The maximum Gasteiger partial charge on any atom is 0.274 e. The van der Waals surface area contributed by atoms with Crippen LogP contribution in [-0.4, -0.2) is 21.6 Å². The number of amides is 2. The molecule has 180 valence electrons. The number of anilines is 1. The molecule has 0 aliphatic rings. The van der Waals surface area contributed by atoms with Gasteiger partial charge in [-0.3, -0.25) is 14.3 Å². The lowest BCUT2D eigenvalue weighted by atomic mass is 10.0. The lowest BCUT2D eigenvalue weighted by Gasteiger charge is -2.10. The second-order valence-corrected chi connectivity index (χ2v) is 8.49. The van der Waals surface area contributed by atoms with Gasteiger partial charge in [-0.15, -0.1) is 0 Å². The summed E-state index contributed by atoms with van der Waals surface area (Å²) in [5.74, 6) is 1.09. The van der Waals surface area contributed by atoms with Crippen LogP contribution in [0.4, 0.5) is 5.69 Å². The number of aromatic nitrogens is 2. The van der Waals surface area contributed by atoms with Gasteiger partial charge in [0.15, 0.2) is 5.69 Å². The van der Waals surface area contributed by atoms with Crippen LogP contribution in [-0.2, 0) is 20.2 Å². The number of nitrogens with one attached hydrogen (secondary N) is 2. The standard InChI is InChI=1S/C27H28N4O4/c1-18(2)20-9-11-22(12-10-20)35-17-19-6-4-7-21(14-19)26(32)29-24-16-31(3)30-25(24)27(33)28-15-23-8-5-13-34-23/h4-14,16,18H,15,17H2,1-3H3,(H,28,33)(H,29,32). The number of nitrogens with zero attached hydrogens (tertiary/aromatic N) is 2. The molecular formula is C27H28N4O4. The highest BCUT2D eigenvalue weighted by Gasteiger charge is 2.19. The highest BCUT2D eigenvalue weighted by Crippen LogP contribution is 2.20. The van der Waals surface area contributed by atoms with Crippen LogP contribution in [0.15, 0.2) is 77.5 Å². The van der Waals surface area contributed by atoms with Crippen molar-refractivity contribution in [2.75, 3.05) is 5.32 Å². The van der Waals surface area contributed by atoms with E-state index in [0.29, 0.717) is 29.5 Å². The number of hydrogen-bond donors (Lipinski definition) is 2.